The summed E-state index contributed by atoms with van der Waals surface area (Å²) in [5.74, 6) is 0.000751. The van der Waals surface area contributed by atoms with E-state index >= 15 is 0 Å². The van der Waals surface area contributed by atoms with Crippen LogP contribution in [0.4, 0.5) is 0 Å². The predicted octanol–water partition coefficient (Wildman–Crippen LogP) is 5.53. The molecule has 144 valence electrons. The molecule has 1 aromatic heterocycles. The van der Waals surface area contributed by atoms with Gasteiger partial charge in [0.15, 0.2) is 0 Å². The zero-order valence-corrected chi connectivity index (χ0v) is 16.0. The van der Waals surface area contributed by atoms with Crippen molar-refractivity contribution < 1.29 is 14.6 Å². The number of nitrogens with zero attached hydrogens (tertiary/aromatic N) is 1. The molecule has 0 unspecified atom stereocenters. The van der Waals surface area contributed by atoms with Gasteiger partial charge >= 0.3 is 5.97 Å². The average molecular weight is 383 g/mol. The number of carboxylic acids is 1. The highest BCUT2D eigenvalue weighted by atomic mass is 16.5. The van der Waals surface area contributed by atoms with E-state index in [1.807, 2.05) is 53.1 Å². The summed E-state index contributed by atoms with van der Waals surface area (Å²) < 4.78 is 7.98. The maximum Gasteiger partial charge on any atom is 0.352 e. The van der Waals surface area contributed by atoms with Gasteiger partial charge in [-0.05, 0) is 35.4 Å². The topological polar surface area (TPSA) is 51.5 Å². The summed E-state index contributed by atoms with van der Waals surface area (Å²) in [5, 5.41) is 13.2. The summed E-state index contributed by atoms with van der Waals surface area (Å²) in [7, 11) is 0. The van der Waals surface area contributed by atoms with Crippen LogP contribution in [0.2, 0.25) is 0 Å². The first-order valence-corrected chi connectivity index (χ1v) is 9.88. The Kier molecular flexibility index (Phi) is 4.32. The molecule has 29 heavy (non-hydrogen) atoms. The van der Waals surface area contributed by atoms with Crippen molar-refractivity contribution in [3.05, 3.63) is 83.6 Å². The van der Waals surface area contributed by atoms with Gasteiger partial charge in [-0.1, -0.05) is 66.7 Å². The molecule has 4 aromatic rings. The number of rotatable bonds is 6. The first-order valence-electron chi connectivity index (χ1n) is 9.88. The van der Waals surface area contributed by atoms with Crippen LogP contribution >= 0.6 is 0 Å². The van der Waals surface area contributed by atoms with Gasteiger partial charge in [-0.2, -0.15) is 0 Å². The number of aromatic nitrogens is 1. The van der Waals surface area contributed by atoms with Gasteiger partial charge in [0.2, 0.25) is 0 Å². The van der Waals surface area contributed by atoms with Crippen molar-refractivity contribution >= 4 is 33.7 Å². The minimum absolute atomic E-state index is 0.405. The molecule has 0 atom stereocenters. The van der Waals surface area contributed by atoms with Crippen molar-refractivity contribution in [1.29, 1.82) is 0 Å². The largest absolute Gasteiger partial charge is 0.493 e. The molecule has 0 saturated heterocycles. The normalized spacial score (nSPS) is 12.6. The molecule has 0 fully saturated rings. The van der Waals surface area contributed by atoms with Crippen LogP contribution in [0.3, 0.4) is 0 Å². The Balaban J connectivity index is 1.40. The van der Waals surface area contributed by atoms with Gasteiger partial charge in [0.05, 0.1) is 12.1 Å². The second-order valence-electron chi connectivity index (χ2n) is 7.32. The molecule has 1 N–H and O–H groups in total. The molecule has 0 amide bonds. The van der Waals surface area contributed by atoms with Gasteiger partial charge in [0.1, 0.15) is 11.4 Å². The summed E-state index contributed by atoms with van der Waals surface area (Å²) in [6.07, 6.45) is 5.50. The quantitative estimate of drug-likeness (QED) is 0.445. The van der Waals surface area contributed by atoms with Crippen molar-refractivity contribution in [2.45, 2.75) is 19.4 Å². The lowest BCUT2D eigenvalue weighted by molar-refractivity contribution is 0.0685. The highest BCUT2D eigenvalue weighted by Gasteiger charge is 2.24. The maximum absolute atomic E-state index is 12.0. The van der Waals surface area contributed by atoms with E-state index in [4.69, 9.17) is 4.74 Å². The third kappa shape index (κ3) is 2.97. The van der Waals surface area contributed by atoms with Crippen LogP contribution in [0.5, 0.6) is 5.75 Å². The number of carbonyl (C=O) groups is 1. The number of hydrogen-bond acceptors (Lipinski definition) is 2. The first-order chi connectivity index (χ1) is 14.2. The van der Waals surface area contributed by atoms with Gasteiger partial charge in [0, 0.05) is 17.3 Å². The van der Waals surface area contributed by atoms with E-state index < -0.39 is 5.97 Å². The smallest absolute Gasteiger partial charge is 0.352 e. The van der Waals surface area contributed by atoms with Crippen molar-refractivity contribution in [3.8, 4) is 5.75 Å². The minimum Gasteiger partial charge on any atom is -0.493 e. The average Bonchev–Trinajstić information content (AvgIpc) is 3.07. The standard InChI is InChI=1S/C25H21NO3/c27-25(28)24-21(20-12-3-9-18-10-5-15-26(24)23(18)20)13-6-16-29-22-14-4-8-17-7-1-2-11-19(17)22/h1-5,7-12,14H,6,13,15-16H2,(H,27,28). The SMILES string of the molecule is O=C(O)c1c(CCCOc2cccc3ccccc23)c2cccc3c2n1CC=C3. The molecular formula is C25H21NO3. The van der Waals surface area contributed by atoms with Gasteiger partial charge in [0.25, 0.3) is 0 Å². The van der Waals surface area contributed by atoms with E-state index in [1.54, 1.807) is 0 Å². The zero-order valence-electron chi connectivity index (χ0n) is 16.0. The molecule has 2 heterocycles. The van der Waals surface area contributed by atoms with E-state index in [1.165, 1.54) is 0 Å². The number of aryl methyl sites for hydroxylation is 1. The van der Waals surface area contributed by atoms with Crippen molar-refractivity contribution in [3.63, 3.8) is 0 Å². The Morgan fingerprint density at radius 3 is 2.69 bits per heavy atom. The Morgan fingerprint density at radius 1 is 1.00 bits per heavy atom. The van der Waals surface area contributed by atoms with E-state index in [0.717, 1.165) is 45.0 Å². The molecule has 4 heteroatoms. The Morgan fingerprint density at radius 2 is 1.79 bits per heavy atom. The summed E-state index contributed by atoms with van der Waals surface area (Å²) in [4.78, 5) is 12.0. The second kappa shape index (κ2) is 7.13. The number of carboxylic acid groups (broad SMARTS) is 1. The Bertz CT molecular complexity index is 1260. The highest BCUT2D eigenvalue weighted by Crippen LogP contribution is 2.33. The van der Waals surface area contributed by atoms with E-state index in [0.29, 0.717) is 25.3 Å². The second-order valence-corrected chi connectivity index (χ2v) is 7.32. The van der Waals surface area contributed by atoms with Crippen molar-refractivity contribution in [2.75, 3.05) is 6.61 Å². The molecule has 4 nitrogen and oxygen atoms in total. The molecule has 1 aliphatic heterocycles. The molecular weight excluding hydrogens is 362 g/mol. The molecule has 0 aliphatic carbocycles. The van der Waals surface area contributed by atoms with Crippen LogP contribution in [-0.2, 0) is 13.0 Å². The molecule has 0 bridgehead atoms. The number of fused-ring (bicyclic) bond motifs is 1. The van der Waals surface area contributed by atoms with E-state index in [2.05, 4.69) is 24.3 Å². The number of para-hydroxylation sites is 1. The number of hydrogen-bond donors (Lipinski definition) is 1. The van der Waals surface area contributed by atoms with Crippen LogP contribution in [0, 0.1) is 0 Å². The third-order valence-corrected chi connectivity index (χ3v) is 5.58. The van der Waals surface area contributed by atoms with E-state index in [-0.39, 0.29) is 0 Å². The maximum atomic E-state index is 12.0. The highest BCUT2D eigenvalue weighted by molar-refractivity contribution is 6.01. The van der Waals surface area contributed by atoms with Crippen LogP contribution in [0.25, 0.3) is 27.8 Å². The van der Waals surface area contributed by atoms with Crippen LogP contribution in [0.1, 0.15) is 28.0 Å². The first kappa shape index (κ1) is 17.6. The molecule has 0 saturated carbocycles. The van der Waals surface area contributed by atoms with Gasteiger partial charge in [-0.15, -0.1) is 0 Å². The minimum atomic E-state index is -0.868. The molecule has 5 rings (SSSR count). The Labute approximate surface area is 168 Å². The number of allylic oxidation sites excluding steroid dienone is 1. The zero-order chi connectivity index (χ0) is 19.8. The van der Waals surface area contributed by atoms with E-state index in [9.17, 15) is 9.90 Å². The lowest BCUT2D eigenvalue weighted by Gasteiger charge is -2.11. The van der Waals surface area contributed by atoms with Crippen LogP contribution < -0.4 is 4.74 Å². The third-order valence-electron chi connectivity index (χ3n) is 5.58. The monoisotopic (exact) mass is 383 g/mol. The summed E-state index contributed by atoms with van der Waals surface area (Å²) in [6.45, 7) is 1.14. The summed E-state index contributed by atoms with van der Waals surface area (Å²) >= 11 is 0. The lowest BCUT2D eigenvalue weighted by Crippen LogP contribution is -2.12. The number of aromatic carboxylic acids is 1. The molecule has 1 aliphatic rings. The van der Waals surface area contributed by atoms with Gasteiger partial charge < -0.3 is 14.4 Å². The lowest BCUT2D eigenvalue weighted by atomic mass is 10.0. The fourth-order valence-electron chi connectivity index (χ4n) is 4.36. The Hall–Kier alpha value is -3.53. The molecule has 0 spiro atoms. The number of ether oxygens (including phenoxy) is 1. The molecule has 0 radical (unpaired) electrons. The van der Waals surface area contributed by atoms with Crippen molar-refractivity contribution in [2.24, 2.45) is 0 Å². The predicted molar refractivity (Wildman–Crippen MR) is 116 cm³/mol. The summed E-state index contributed by atoms with van der Waals surface area (Å²) in [6, 6.07) is 20.3. The fourth-order valence-corrected chi connectivity index (χ4v) is 4.36. The fraction of sp³-hybridized carbons (Fsp3) is 0.160. The van der Waals surface area contributed by atoms with Gasteiger partial charge in [-0.3, -0.25) is 0 Å². The summed E-state index contributed by atoms with van der Waals surface area (Å²) in [5.41, 5.74) is 3.41. The van der Waals surface area contributed by atoms with Crippen molar-refractivity contribution in [1.82, 2.24) is 4.57 Å². The van der Waals surface area contributed by atoms with Gasteiger partial charge in [-0.25, -0.2) is 4.79 Å². The van der Waals surface area contributed by atoms with Crippen LogP contribution in [0.15, 0.2) is 66.7 Å². The number of benzene rings is 3. The van der Waals surface area contributed by atoms with Crippen LogP contribution in [-0.4, -0.2) is 22.2 Å². The molecule has 3 aromatic carbocycles.